The first kappa shape index (κ1) is 8.56. The topological polar surface area (TPSA) is 51.5 Å². The van der Waals surface area contributed by atoms with Crippen molar-refractivity contribution in [1.29, 1.82) is 0 Å². The van der Waals surface area contributed by atoms with E-state index in [9.17, 15) is 0 Å². The SMILES string of the molecule is Nc1ccccc1N=Cc1ccco1. The van der Waals surface area contributed by atoms with Crippen LogP contribution in [0.4, 0.5) is 11.4 Å². The average Bonchev–Trinajstić information content (AvgIpc) is 2.69. The van der Waals surface area contributed by atoms with E-state index >= 15 is 0 Å². The summed E-state index contributed by atoms with van der Waals surface area (Å²) in [6, 6.07) is 11.1. The molecule has 0 aliphatic carbocycles. The maximum absolute atomic E-state index is 5.72. The predicted octanol–water partition coefficient (Wildman–Crippen LogP) is 2.61. The molecule has 0 aliphatic rings. The number of para-hydroxylation sites is 2. The highest BCUT2D eigenvalue weighted by atomic mass is 16.3. The Labute approximate surface area is 81.9 Å². The third-order valence-electron chi connectivity index (χ3n) is 1.81. The van der Waals surface area contributed by atoms with Gasteiger partial charge in [0, 0.05) is 0 Å². The summed E-state index contributed by atoms with van der Waals surface area (Å²) in [5.74, 6) is 0.716. The molecule has 3 nitrogen and oxygen atoms in total. The zero-order valence-corrected chi connectivity index (χ0v) is 7.55. The first-order valence-electron chi connectivity index (χ1n) is 4.28. The molecule has 70 valence electrons. The average molecular weight is 186 g/mol. The van der Waals surface area contributed by atoms with Gasteiger partial charge in [-0.2, -0.15) is 0 Å². The lowest BCUT2D eigenvalue weighted by molar-refractivity contribution is 0.560. The zero-order valence-electron chi connectivity index (χ0n) is 7.55. The van der Waals surface area contributed by atoms with Crippen molar-refractivity contribution in [3.63, 3.8) is 0 Å². The molecule has 0 bridgehead atoms. The molecular formula is C11H10N2O. The Morgan fingerprint density at radius 3 is 2.71 bits per heavy atom. The van der Waals surface area contributed by atoms with Crippen LogP contribution in [0, 0.1) is 0 Å². The van der Waals surface area contributed by atoms with Crippen molar-refractivity contribution in [2.45, 2.75) is 0 Å². The van der Waals surface area contributed by atoms with Gasteiger partial charge in [-0.3, -0.25) is 4.99 Å². The minimum absolute atomic E-state index is 0.662. The highest BCUT2D eigenvalue weighted by Gasteiger charge is 1.93. The van der Waals surface area contributed by atoms with E-state index in [4.69, 9.17) is 10.2 Å². The first-order chi connectivity index (χ1) is 6.86. The van der Waals surface area contributed by atoms with Crippen molar-refractivity contribution in [2.75, 3.05) is 5.73 Å². The number of nitrogen functional groups attached to an aromatic ring is 1. The third-order valence-corrected chi connectivity index (χ3v) is 1.81. The fourth-order valence-electron chi connectivity index (χ4n) is 1.10. The second-order valence-electron chi connectivity index (χ2n) is 2.83. The molecule has 2 aromatic rings. The van der Waals surface area contributed by atoms with Gasteiger partial charge in [-0.1, -0.05) is 12.1 Å². The standard InChI is InChI=1S/C11H10N2O/c12-10-5-1-2-6-11(10)13-8-9-4-3-7-14-9/h1-8H,12H2. The summed E-state index contributed by atoms with van der Waals surface area (Å²) in [6.07, 6.45) is 3.25. The van der Waals surface area contributed by atoms with Crippen molar-refractivity contribution >= 4 is 17.6 Å². The normalized spacial score (nSPS) is 10.9. The van der Waals surface area contributed by atoms with Gasteiger partial charge >= 0.3 is 0 Å². The van der Waals surface area contributed by atoms with Crippen LogP contribution in [-0.2, 0) is 0 Å². The molecule has 1 aromatic carbocycles. The minimum Gasteiger partial charge on any atom is -0.463 e. The van der Waals surface area contributed by atoms with Crippen molar-refractivity contribution in [3.05, 3.63) is 48.4 Å². The van der Waals surface area contributed by atoms with E-state index in [0.29, 0.717) is 11.4 Å². The molecule has 0 aliphatic heterocycles. The molecule has 0 fully saturated rings. The van der Waals surface area contributed by atoms with Crippen LogP contribution >= 0.6 is 0 Å². The van der Waals surface area contributed by atoms with Gasteiger partial charge in [-0.15, -0.1) is 0 Å². The fourth-order valence-corrected chi connectivity index (χ4v) is 1.10. The number of anilines is 1. The van der Waals surface area contributed by atoms with Gasteiger partial charge in [0.15, 0.2) is 0 Å². The summed E-state index contributed by atoms with van der Waals surface area (Å²) in [7, 11) is 0. The summed E-state index contributed by atoms with van der Waals surface area (Å²) in [6.45, 7) is 0. The smallest absolute Gasteiger partial charge is 0.144 e. The summed E-state index contributed by atoms with van der Waals surface area (Å²) >= 11 is 0. The molecule has 0 amide bonds. The Morgan fingerprint density at radius 2 is 2.00 bits per heavy atom. The van der Waals surface area contributed by atoms with Crippen LogP contribution in [0.25, 0.3) is 0 Å². The second kappa shape index (κ2) is 3.79. The molecule has 0 unspecified atom stereocenters. The number of nitrogens with zero attached hydrogens (tertiary/aromatic N) is 1. The lowest BCUT2D eigenvalue weighted by Gasteiger charge is -1.96. The number of rotatable bonds is 2. The lowest BCUT2D eigenvalue weighted by Crippen LogP contribution is -1.84. The summed E-state index contributed by atoms with van der Waals surface area (Å²) in [5, 5.41) is 0. The van der Waals surface area contributed by atoms with Gasteiger partial charge in [0.1, 0.15) is 5.76 Å². The van der Waals surface area contributed by atoms with Crippen molar-refractivity contribution in [1.82, 2.24) is 0 Å². The van der Waals surface area contributed by atoms with E-state index in [2.05, 4.69) is 4.99 Å². The van der Waals surface area contributed by atoms with Crippen LogP contribution in [0.15, 0.2) is 52.1 Å². The Morgan fingerprint density at radius 1 is 1.14 bits per heavy atom. The third kappa shape index (κ3) is 1.82. The number of benzene rings is 1. The van der Waals surface area contributed by atoms with Gasteiger partial charge in [0.2, 0.25) is 0 Å². The molecule has 0 saturated heterocycles. The van der Waals surface area contributed by atoms with Crippen molar-refractivity contribution in [3.8, 4) is 0 Å². The molecule has 0 saturated carbocycles. The minimum atomic E-state index is 0.662. The zero-order chi connectivity index (χ0) is 9.80. The number of furan rings is 1. The maximum Gasteiger partial charge on any atom is 0.144 e. The van der Waals surface area contributed by atoms with Crippen LogP contribution in [0.5, 0.6) is 0 Å². The summed E-state index contributed by atoms with van der Waals surface area (Å²) in [4.78, 5) is 4.20. The van der Waals surface area contributed by atoms with Crippen LogP contribution in [0.1, 0.15) is 5.76 Å². The van der Waals surface area contributed by atoms with Crippen LogP contribution in [0.3, 0.4) is 0 Å². The number of nitrogens with two attached hydrogens (primary N) is 1. The maximum atomic E-state index is 5.72. The lowest BCUT2D eigenvalue weighted by atomic mass is 10.3. The van der Waals surface area contributed by atoms with E-state index in [1.54, 1.807) is 12.5 Å². The Balaban J connectivity index is 2.23. The van der Waals surface area contributed by atoms with Gasteiger partial charge in [-0.25, -0.2) is 0 Å². The Bertz CT molecular complexity index is 432. The predicted molar refractivity (Wildman–Crippen MR) is 56.8 cm³/mol. The monoisotopic (exact) mass is 186 g/mol. The van der Waals surface area contributed by atoms with E-state index in [1.807, 2.05) is 36.4 Å². The molecule has 2 rings (SSSR count). The van der Waals surface area contributed by atoms with E-state index in [1.165, 1.54) is 0 Å². The molecule has 14 heavy (non-hydrogen) atoms. The molecule has 0 radical (unpaired) electrons. The summed E-state index contributed by atoms with van der Waals surface area (Å²) < 4.78 is 5.10. The van der Waals surface area contributed by atoms with E-state index in [0.717, 1.165) is 5.69 Å². The molecule has 0 atom stereocenters. The van der Waals surface area contributed by atoms with Gasteiger partial charge in [0.05, 0.1) is 23.9 Å². The van der Waals surface area contributed by atoms with Crippen molar-refractivity contribution in [2.24, 2.45) is 4.99 Å². The van der Waals surface area contributed by atoms with Crippen molar-refractivity contribution < 1.29 is 4.42 Å². The molecule has 1 aromatic heterocycles. The van der Waals surface area contributed by atoms with E-state index in [-0.39, 0.29) is 0 Å². The molecule has 3 heteroatoms. The molecule has 0 spiro atoms. The highest BCUT2D eigenvalue weighted by molar-refractivity contribution is 5.80. The quantitative estimate of drug-likeness (QED) is 0.579. The fraction of sp³-hybridized carbons (Fsp3) is 0. The first-order valence-corrected chi connectivity index (χ1v) is 4.28. The van der Waals surface area contributed by atoms with Crippen LogP contribution < -0.4 is 5.73 Å². The molecular weight excluding hydrogens is 176 g/mol. The highest BCUT2D eigenvalue weighted by Crippen LogP contribution is 2.20. The second-order valence-corrected chi connectivity index (χ2v) is 2.83. The Kier molecular flexibility index (Phi) is 2.32. The van der Waals surface area contributed by atoms with Gasteiger partial charge in [0.25, 0.3) is 0 Å². The van der Waals surface area contributed by atoms with Gasteiger partial charge in [-0.05, 0) is 24.3 Å². The summed E-state index contributed by atoms with van der Waals surface area (Å²) in [5.41, 5.74) is 7.13. The Hall–Kier alpha value is -2.03. The number of hydrogen-bond acceptors (Lipinski definition) is 3. The molecule has 1 heterocycles. The number of hydrogen-bond donors (Lipinski definition) is 1. The molecule has 2 N–H and O–H groups in total. The largest absolute Gasteiger partial charge is 0.463 e. The van der Waals surface area contributed by atoms with E-state index < -0.39 is 0 Å². The van der Waals surface area contributed by atoms with Crippen LogP contribution in [-0.4, -0.2) is 6.21 Å². The number of aliphatic imine (C=N–C) groups is 1. The van der Waals surface area contributed by atoms with Gasteiger partial charge < -0.3 is 10.2 Å². The van der Waals surface area contributed by atoms with Crippen LogP contribution in [0.2, 0.25) is 0 Å².